The number of benzene rings is 2. The van der Waals surface area contributed by atoms with Crippen molar-refractivity contribution >= 4 is 17.8 Å². The van der Waals surface area contributed by atoms with E-state index in [2.05, 4.69) is 15.6 Å². The smallest absolute Gasteiger partial charge is 0.251 e. The van der Waals surface area contributed by atoms with E-state index in [1.165, 1.54) is 0 Å². The molecule has 27 heavy (non-hydrogen) atoms. The number of hydrogen-bond acceptors (Lipinski definition) is 3. The highest BCUT2D eigenvalue weighted by atomic mass is 16.2. The van der Waals surface area contributed by atoms with Gasteiger partial charge in [-0.15, -0.1) is 0 Å². The fourth-order valence-electron chi connectivity index (χ4n) is 2.51. The van der Waals surface area contributed by atoms with Crippen molar-refractivity contribution in [2.24, 2.45) is 16.5 Å². The Balaban J connectivity index is 1.97. The predicted octanol–water partition coefficient (Wildman–Crippen LogP) is 1.16. The Morgan fingerprint density at radius 3 is 2.22 bits per heavy atom. The second-order valence-electron chi connectivity index (χ2n) is 6.04. The third kappa shape index (κ3) is 7.19. The standard InChI is InChI=1S/C20H25N5O2/c21-20(22)23-13-7-12-17(25-18(26)16-10-5-2-6-11-16)19(27)24-14-15-8-3-1-4-9-15/h1-6,8-11,17H,7,12-14H2,(H,24,27)(H,25,26)(H4,21,22,23)/t17-/m0/s1. The number of rotatable bonds is 9. The number of guanidine groups is 1. The van der Waals surface area contributed by atoms with Gasteiger partial charge in [0.05, 0.1) is 0 Å². The van der Waals surface area contributed by atoms with Crippen molar-refractivity contribution in [3.05, 3.63) is 71.8 Å². The van der Waals surface area contributed by atoms with Gasteiger partial charge < -0.3 is 22.1 Å². The minimum absolute atomic E-state index is 0.00778. The molecule has 2 aromatic carbocycles. The van der Waals surface area contributed by atoms with Crippen molar-refractivity contribution < 1.29 is 9.59 Å². The summed E-state index contributed by atoms with van der Waals surface area (Å²) in [6, 6.07) is 17.7. The lowest BCUT2D eigenvalue weighted by atomic mass is 10.1. The lowest BCUT2D eigenvalue weighted by Crippen LogP contribution is -2.46. The van der Waals surface area contributed by atoms with Crippen LogP contribution in [0.1, 0.15) is 28.8 Å². The maximum atomic E-state index is 12.6. The van der Waals surface area contributed by atoms with Gasteiger partial charge in [-0.3, -0.25) is 14.6 Å². The molecule has 2 aromatic rings. The molecule has 2 rings (SSSR count). The van der Waals surface area contributed by atoms with Crippen LogP contribution in [0, 0.1) is 0 Å². The van der Waals surface area contributed by atoms with E-state index in [0.717, 1.165) is 5.56 Å². The van der Waals surface area contributed by atoms with Crippen LogP contribution in [0.2, 0.25) is 0 Å². The third-order valence-electron chi connectivity index (χ3n) is 3.91. The second-order valence-corrected chi connectivity index (χ2v) is 6.04. The highest BCUT2D eigenvalue weighted by Gasteiger charge is 2.20. The van der Waals surface area contributed by atoms with Gasteiger partial charge in [0.25, 0.3) is 5.91 Å². The summed E-state index contributed by atoms with van der Waals surface area (Å²) in [5.74, 6) is -0.529. The van der Waals surface area contributed by atoms with Crippen molar-refractivity contribution in [2.75, 3.05) is 6.54 Å². The summed E-state index contributed by atoms with van der Waals surface area (Å²) >= 11 is 0. The van der Waals surface area contributed by atoms with E-state index in [1.807, 2.05) is 36.4 Å². The molecule has 0 unspecified atom stereocenters. The van der Waals surface area contributed by atoms with Crippen LogP contribution in [0.5, 0.6) is 0 Å². The minimum Gasteiger partial charge on any atom is -0.370 e. The van der Waals surface area contributed by atoms with E-state index >= 15 is 0 Å². The van der Waals surface area contributed by atoms with Crippen LogP contribution in [-0.4, -0.2) is 30.4 Å². The topological polar surface area (TPSA) is 123 Å². The molecule has 0 aromatic heterocycles. The van der Waals surface area contributed by atoms with Crippen LogP contribution in [0.3, 0.4) is 0 Å². The Morgan fingerprint density at radius 1 is 0.963 bits per heavy atom. The molecule has 1 atom stereocenters. The van der Waals surface area contributed by atoms with Crippen LogP contribution < -0.4 is 22.1 Å². The number of carbonyl (C=O) groups excluding carboxylic acids is 2. The van der Waals surface area contributed by atoms with Gasteiger partial charge in [-0.1, -0.05) is 48.5 Å². The number of nitrogens with zero attached hydrogens (tertiary/aromatic N) is 1. The molecule has 0 saturated heterocycles. The summed E-state index contributed by atoms with van der Waals surface area (Å²) in [6.07, 6.45) is 0.992. The molecule has 0 bridgehead atoms. The first-order chi connectivity index (χ1) is 13.1. The number of aliphatic imine (C=N–C) groups is 1. The van der Waals surface area contributed by atoms with Crippen molar-refractivity contribution in [3.8, 4) is 0 Å². The lowest BCUT2D eigenvalue weighted by Gasteiger charge is -2.18. The van der Waals surface area contributed by atoms with Crippen LogP contribution in [0.4, 0.5) is 0 Å². The van der Waals surface area contributed by atoms with E-state index in [9.17, 15) is 9.59 Å². The summed E-state index contributed by atoms with van der Waals surface area (Å²) in [5, 5.41) is 5.66. The molecule has 142 valence electrons. The highest BCUT2D eigenvalue weighted by molar-refractivity contribution is 5.97. The third-order valence-corrected chi connectivity index (χ3v) is 3.91. The van der Waals surface area contributed by atoms with Gasteiger partial charge in [-0.2, -0.15) is 0 Å². The number of hydrogen-bond donors (Lipinski definition) is 4. The Kier molecular flexibility index (Phi) is 7.84. The number of carbonyl (C=O) groups is 2. The SMILES string of the molecule is NC(N)=NCCC[C@H](NC(=O)c1ccccc1)C(=O)NCc1ccccc1. The zero-order chi connectivity index (χ0) is 19.5. The largest absolute Gasteiger partial charge is 0.370 e. The molecule has 0 fully saturated rings. The van der Waals surface area contributed by atoms with Crippen molar-refractivity contribution in [2.45, 2.75) is 25.4 Å². The van der Waals surface area contributed by atoms with Gasteiger partial charge in [0.15, 0.2) is 5.96 Å². The molecule has 7 heteroatoms. The number of nitrogens with two attached hydrogens (primary N) is 2. The van der Waals surface area contributed by atoms with Gasteiger partial charge in [0.1, 0.15) is 6.04 Å². The molecule has 0 spiro atoms. The first-order valence-electron chi connectivity index (χ1n) is 8.79. The van der Waals surface area contributed by atoms with E-state index in [-0.39, 0.29) is 17.8 Å². The van der Waals surface area contributed by atoms with Gasteiger partial charge in [0, 0.05) is 18.7 Å². The predicted molar refractivity (Wildman–Crippen MR) is 106 cm³/mol. The van der Waals surface area contributed by atoms with Crippen LogP contribution in [-0.2, 0) is 11.3 Å². The first kappa shape index (κ1) is 20.0. The number of nitrogens with one attached hydrogen (secondary N) is 2. The maximum Gasteiger partial charge on any atom is 0.251 e. The van der Waals surface area contributed by atoms with Crippen molar-refractivity contribution in [1.82, 2.24) is 10.6 Å². The van der Waals surface area contributed by atoms with Crippen LogP contribution >= 0.6 is 0 Å². The van der Waals surface area contributed by atoms with Crippen LogP contribution in [0.25, 0.3) is 0 Å². The summed E-state index contributed by atoms with van der Waals surface area (Å²) < 4.78 is 0. The number of amides is 2. The van der Waals surface area contributed by atoms with E-state index in [1.54, 1.807) is 24.3 Å². The summed E-state index contributed by atoms with van der Waals surface area (Å²) in [7, 11) is 0. The maximum absolute atomic E-state index is 12.6. The van der Waals surface area contributed by atoms with Gasteiger partial charge in [-0.25, -0.2) is 0 Å². The minimum atomic E-state index is -0.671. The zero-order valence-corrected chi connectivity index (χ0v) is 15.1. The lowest BCUT2D eigenvalue weighted by molar-refractivity contribution is -0.123. The van der Waals surface area contributed by atoms with Crippen LogP contribution in [0.15, 0.2) is 65.7 Å². The average molecular weight is 367 g/mol. The molecular formula is C20H25N5O2. The fourth-order valence-corrected chi connectivity index (χ4v) is 2.51. The zero-order valence-electron chi connectivity index (χ0n) is 15.1. The Labute approximate surface area is 158 Å². The second kappa shape index (κ2) is 10.6. The fraction of sp³-hybridized carbons (Fsp3) is 0.250. The molecule has 2 amide bonds. The average Bonchev–Trinajstić information content (AvgIpc) is 2.69. The normalized spacial score (nSPS) is 11.3. The van der Waals surface area contributed by atoms with Crippen molar-refractivity contribution in [1.29, 1.82) is 0 Å². The molecule has 0 radical (unpaired) electrons. The monoisotopic (exact) mass is 367 g/mol. The Hall–Kier alpha value is -3.35. The van der Waals surface area contributed by atoms with Gasteiger partial charge >= 0.3 is 0 Å². The first-order valence-corrected chi connectivity index (χ1v) is 8.79. The molecule has 0 saturated carbocycles. The van der Waals surface area contributed by atoms with Gasteiger partial charge in [-0.05, 0) is 30.5 Å². The Morgan fingerprint density at radius 2 is 1.59 bits per heavy atom. The summed E-state index contributed by atoms with van der Waals surface area (Å²) in [6.45, 7) is 0.789. The molecule has 0 aliphatic carbocycles. The quantitative estimate of drug-likeness (QED) is 0.302. The molecule has 0 aliphatic heterocycles. The Bertz CT molecular complexity index is 758. The molecule has 0 aliphatic rings. The molecular weight excluding hydrogens is 342 g/mol. The highest BCUT2D eigenvalue weighted by Crippen LogP contribution is 2.04. The van der Waals surface area contributed by atoms with E-state index in [0.29, 0.717) is 31.5 Å². The van der Waals surface area contributed by atoms with Gasteiger partial charge in [0.2, 0.25) is 5.91 Å². The summed E-state index contributed by atoms with van der Waals surface area (Å²) in [4.78, 5) is 28.9. The van der Waals surface area contributed by atoms with E-state index < -0.39 is 6.04 Å². The summed E-state index contributed by atoms with van der Waals surface area (Å²) in [5.41, 5.74) is 12.1. The molecule has 0 heterocycles. The molecule has 6 N–H and O–H groups in total. The van der Waals surface area contributed by atoms with Crippen molar-refractivity contribution in [3.63, 3.8) is 0 Å². The molecule has 7 nitrogen and oxygen atoms in total. The van der Waals surface area contributed by atoms with E-state index in [4.69, 9.17) is 11.5 Å².